The lowest BCUT2D eigenvalue weighted by atomic mass is 9.83. The van der Waals surface area contributed by atoms with Crippen molar-refractivity contribution in [2.45, 2.75) is 32.2 Å². The maximum Gasteiger partial charge on any atom is 0.343 e. The van der Waals surface area contributed by atoms with Crippen LogP contribution in [0.25, 0.3) is 0 Å². The van der Waals surface area contributed by atoms with Crippen molar-refractivity contribution >= 4 is 17.9 Å². The highest BCUT2D eigenvalue weighted by Gasteiger charge is 2.33. The van der Waals surface area contributed by atoms with Crippen molar-refractivity contribution in [3.63, 3.8) is 0 Å². The standard InChI is InChI=1S/C9H13NO2S/c1-5-2-3-7-6(4-5)8(9(11)12)13-10-7/h5,7,10H,2-4H2,1H3,(H,11,12). The van der Waals surface area contributed by atoms with E-state index in [1.165, 1.54) is 18.4 Å². The van der Waals surface area contributed by atoms with E-state index in [0.717, 1.165) is 18.4 Å². The molecule has 0 spiro atoms. The summed E-state index contributed by atoms with van der Waals surface area (Å²) in [6.45, 7) is 2.19. The summed E-state index contributed by atoms with van der Waals surface area (Å²) in [6, 6.07) is 0.326. The van der Waals surface area contributed by atoms with E-state index in [-0.39, 0.29) is 0 Å². The molecule has 0 aromatic carbocycles. The molecule has 2 unspecified atom stereocenters. The van der Waals surface area contributed by atoms with Crippen molar-refractivity contribution in [2.24, 2.45) is 5.92 Å². The van der Waals surface area contributed by atoms with Gasteiger partial charge in [0.2, 0.25) is 0 Å². The van der Waals surface area contributed by atoms with Crippen molar-refractivity contribution in [3.8, 4) is 0 Å². The van der Waals surface area contributed by atoms with Gasteiger partial charge in [0, 0.05) is 6.04 Å². The van der Waals surface area contributed by atoms with Gasteiger partial charge >= 0.3 is 5.97 Å². The van der Waals surface area contributed by atoms with Gasteiger partial charge in [-0.15, -0.1) is 0 Å². The molecule has 0 aromatic heterocycles. The molecule has 2 atom stereocenters. The molecule has 2 N–H and O–H groups in total. The van der Waals surface area contributed by atoms with Crippen LogP contribution in [0.5, 0.6) is 0 Å². The number of rotatable bonds is 1. The smallest absolute Gasteiger partial charge is 0.343 e. The average molecular weight is 199 g/mol. The first kappa shape index (κ1) is 9.09. The van der Waals surface area contributed by atoms with Crippen molar-refractivity contribution < 1.29 is 9.90 Å². The summed E-state index contributed by atoms with van der Waals surface area (Å²) in [4.78, 5) is 11.4. The Morgan fingerprint density at radius 2 is 2.38 bits per heavy atom. The summed E-state index contributed by atoms with van der Waals surface area (Å²) in [5, 5.41) is 8.92. The first-order valence-electron chi connectivity index (χ1n) is 4.57. The fraction of sp³-hybridized carbons (Fsp3) is 0.667. The Kier molecular flexibility index (Phi) is 2.34. The molecule has 3 nitrogen and oxygen atoms in total. The minimum atomic E-state index is -0.774. The maximum atomic E-state index is 10.8. The highest BCUT2D eigenvalue weighted by Crippen LogP contribution is 2.39. The number of aliphatic carboxylic acids is 1. The molecule has 0 amide bonds. The van der Waals surface area contributed by atoms with E-state index >= 15 is 0 Å². The number of carboxylic acid groups (broad SMARTS) is 1. The first-order valence-corrected chi connectivity index (χ1v) is 5.39. The summed E-state index contributed by atoms with van der Waals surface area (Å²) in [7, 11) is 0. The largest absolute Gasteiger partial charge is 0.477 e. The van der Waals surface area contributed by atoms with Crippen LogP contribution in [0.3, 0.4) is 0 Å². The monoisotopic (exact) mass is 199 g/mol. The van der Waals surface area contributed by atoms with Crippen LogP contribution in [0, 0.1) is 5.92 Å². The van der Waals surface area contributed by atoms with E-state index in [1.807, 2.05) is 0 Å². The van der Waals surface area contributed by atoms with Crippen LogP contribution in [0.1, 0.15) is 26.2 Å². The molecule has 0 saturated heterocycles. The number of carbonyl (C=O) groups is 1. The zero-order valence-corrected chi connectivity index (χ0v) is 8.36. The number of carboxylic acids is 1. The predicted molar refractivity (Wildman–Crippen MR) is 52.2 cm³/mol. The summed E-state index contributed by atoms with van der Waals surface area (Å²) in [5.41, 5.74) is 1.12. The second kappa shape index (κ2) is 3.35. The van der Waals surface area contributed by atoms with Crippen LogP contribution in [0.2, 0.25) is 0 Å². The van der Waals surface area contributed by atoms with Gasteiger partial charge in [-0.25, -0.2) is 4.79 Å². The number of hydrogen-bond acceptors (Lipinski definition) is 3. The van der Waals surface area contributed by atoms with Crippen LogP contribution in [0.15, 0.2) is 10.5 Å². The number of fused-ring (bicyclic) bond motifs is 1. The van der Waals surface area contributed by atoms with Gasteiger partial charge in [-0.05, 0) is 42.7 Å². The van der Waals surface area contributed by atoms with Crippen LogP contribution in [-0.2, 0) is 4.79 Å². The Labute approximate surface area is 81.7 Å². The maximum absolute atomic E-state index is 10.8. The summed E-state index contributed by atoms with van der Waals surface area (Å²) < 4.78 is 3.17. The Bertz CT molecular complexity index is 275. The second-order valence-corrected chi connectivity index (χ2v) is 4.67. The van der Waals surface area contributed by atoms with Crippen LogP contribution in [0.4, 0.5) is 0 Å². The minimum absolute atomic E-state index is 0.326. The molecule has 1 aliphatic carbocycles. The Hall–Kier alpha value is -0.480. The van der Waals surface area contributed by atoms with E-state index in [4.69, 9.17) is 5.11 Å². The third-order valence-corrected chi connectivity index (χ3v) is 3.77. The topological polar surface area (TPSA) is 49.3 Å². The fourth-order valence-electron chi connectivity index (χ4n) is 2.00. The zero-order chi connectivity index (χ0) is 9.42. The lowest BCUT2D eigenvalue weighted by molar-refractivity contribution is -0.131. The Balaban J connectivity index is 2.25. The molecular formula is C9H13NO2S. The van der Waals surface area contributed by atoms with Gasteiger partial charge in [0.25, 0.3) is 0 Å². The summed E-state index contributed by atoms with van der Waals surface area (Å²) >= 11 is 1.29. The molecular weight excluding hydrogens is 186 g/mol. The van der Waals surface area contributed by atoms with Gasteiger partial charge in [-0.2, -0.15) is 0 Å². The van der Waals surface area contributed by atoms with Crippen molar-refractivity contribution in [3.05, 3.63) is 10.5 Å². The summed E-state index contributed by atoms with van der Waals surface area (Å²) in [6.07, 6.45) is 3.24. The highest BCUT2D eigenvalue weighted by atomic mass is 32.2. The van der Waals surface area contributed by atoms with E-state index in [9.17, 15) is 4.79 Å². The van der Waals surface area contributed by atoms with Crippen molar-refractivity contribution in [1.29, 1.82) is 0 Å². The van der Waals surface area contributed by atoms with E-state index < -0.39 is 5.97 Å². The molecule has 4 heteroatoms. The molecule has 1 heterocycles. The highest BCUT2D eigenvalue weighted by molar-refractivity contribution is 8.02. The summed E-state index contributed by atoms with van der Waals surface area (Å²) in [5.74, 6) is -0.134. The van der Waals surface area contributed by atoms with E-state index in [2.05, 4.69) is 11.6 Å². The quantitative estimate of drug-likeness (QED) is 0.632. The predicted octanol–water partition coefficient (Wildman–Crippen LogP) is 1.77. The van der Waals surface area contributed by atoms with Crippen LogP contribution >= 0.6 is 11.9 Å². The first-order chi connectivity index (χ1) is 6.18. The third kappa shape index (κ3) is 1.60. The third-order valence-electron chi connectivity index (χ3n) is 2.73. The van der Waals surface area contributed by atoms with Gasteiger partial charge in [-0.3, -0.25) is 4.72 Å². The second-order valence-electron chi connectivity index (χ2n) is 3.82. The molecule has 72 valence electrons. The van der Waals surface area contributed by atoms with Gasteiger partial charge in [0.1, 0.15) is 4.91 Å². The molecule has 13 heavy (non-hydrogen) atoms. The molecule has 0 aromatic rings. The molecule has 1 saturated carbocycles. The van der Waals surface area contributed by atoms with E-state index in [0.29, 0.717) is 16.9 Å². The minimum Gasteiger partial charge on any atom is -0.477 e. The molecule has 1 aliphatic heterocycles. The van der Waals surface area contributed by atoms with Crippen LogP contribution < -0.4 is 4.72 Å². The molecule has 0 bridgehead atoms. The molecule has 2 aliphatic rings. The van der Waals surface area contributed by atoms with Gasteiger partial charge in [-0.1, -0.05) is 6.92 Å². The average Bonchev–Trinajstić information content (AvgIpc) is 2.46. The number of nitrogens with one attached hydrogen (secondary N) is 1. The normalized spacial score (nSPS) is 33.3. The zero-order valence-electron chi connectivity index (χ0n) is 7.54. The molecule has 2 rings (SSSR count). The van der Waals surface area contributed by atoms with Crippen molar-refractivity contribution in [2.75, 3.05) is 0 Å². The fourth-order valence-corrected chi connectivity index (χ4v) is 2.97. The van der Waals surface area contributed by atoms with Gasteiger partial charge in [0.05, 0.1) is 0 Å². The molecule has 1 fully saturated rings. The van der Waals surface area contributed by atoms with E-state index in [1.54, 1.807) is 0 Å². The lowest BCUT2D eigenvalue weighted by Crippen LogP contribution is -2.26. The van der Waals surface area contributed by atoms with Crippen molar-refractivity contribution in [1.82, 2.24) is 4.72 Å². The van der Waals surface area contributed by atoms with Gasteiger partial charge < -0.3 is 5.11 Å². The van der Waals surface area contributed by atoms with Gasteiger partial charge in [0.15, 0.2) is 0 Å². The lowest BCUT2D eigenvalue weighted by Gasteiger charge is -2.25. The number of hydrogen-bond donors (Lipinski definition) is 2. The Morgan fingerprint density at radius 3 is 3.08 bits per heavy atom. The SMILES string of the molecule is CC1CCC2NSC(C(=O)O)=C2C1. The molecule has 0 radical (unpaired) electrons. The Morgan fingerprint density at radius 1 is 1.62 bits per heavy atom. The van der Waals surface area contributed by atoms with Crippen LogP contribution in [-0.4, -0.2) is 17.1 Å².